The van der Waals surface area contributed by atoms with Gasteiger partial charge < -0.3 is 10.0 Å². The van der Waals surface area contributed by atoms with Gasteiger partial charge in [0.2, 0.25) is 5.91 Å². The monoisotopic (exact) mass is 203 g/mol. The van der Waals surface area contributed by atoms with Gasteiger partial charge in [0.15, 0.2) is 5.12 Å². The van der Waals surface area contributed by atoms with E-state index in [-0.39, 0.29) is 22.9 Å². The standard InChI is InChI=1S/C8H13NO3S/c1-6(11)13-7-4-8(12)9(5-7)2-3-10/h7,10H,2-5H2,1H3. The molecule has 0 spiro atoms. The van der Waals surface area contributed by atoms with E-state index in [1.165, 1.54) is 18.7 Å². The van der Waals surface area contributed by atoms with Crippen LogP contribution in [0.3, 0.4) is 0 Å². The molecule has 74 valence electrons. The summed E-state index contributed by atoms with van der Waals surface area (Å²) in [5.74, 6) is 0.0350. The number of amides is 1. The molecule has 0 radical (unpaired) electrons. The van der Waals surface area contributed by atoms with Crippen LogP contribution in [-0.4, -0.2) is 46.0 Å². The van der Waals surface area contributed by atoms with E-state index in [0.717, 1.165) is 0 Å². The molecule has 1 atom stereocenters. The number of hydrogen-bond acceptors (Lipinski definition) is 4. The van der Waals surface area contributed by atoms with Crippen LogP contribution in [0, 0.1) is 0 Å². The molecule has 0 aromatic heterocycles. The average molecular weight is 203 g/mol. The molecule has 0 bridgehead atoms. The van der Waals surface area contributed by atoms with Gasteiger partial charge in [-0.3, -0.25) is 9.59 Å². The van der Waals surface area contributed by atoms with Crippen molar-refractivity contribution in [2.24, 2.45) is 0 Å². The second kappa shape index (κ2) is 4.62. The summed E-state index contributed by atoms with van der Waals surface area (Å²) in [7, 11) is 0. The second-order valence-corrected chi connectivity index (χ2v) is 4.48. The van der Waals surface area contributed by atoms with Gasteiger partial charge in [-0.25, -0.2) is 0 Å². The number of aliphatic hydroxyl groups is 1. The summed E-state index contributed by atoms with van der Waals surface area (Å²) in [5, 5.41) is 8.77. The Morgan fingerprint density at radius 1 is 1.77 bits per heavy atom. The molecular formula is C8H13NO3S. The molecule has 1 saturated heterocycles. The van der Waals surface area contributed by atoms with Gasteiger partial charge in [0.25, 0.3) is 0 Å². The maximum atomic E-state index is 11.2. The molecule has 0 aliphatic carbocycles. The molecule has 0 saturated carbocycles. The van der Waals surface area contributed by atoms with Gasteiger partial charge in [-0.15, -0.1) is 0 Å². The van der Waals surface area contributed by atoms with E-state index in [0.29, 0.717) is 19.5 Å². The van der Waals surface area contributed by atoms with Crippen LogP contribution in [0.15, 0.2) is 0 Å². The Labute approximate surface area is 81.3 Å². The Balaban J connectivity index is 2.40. The molecular weight excluding hydrogens is 190 g/mol. The first-order valence-corrected chi connectivity index (χ1v) is 5.07. The number of rotatable bonds is 3. The minimum atomic E-state index is -0.0107. The summed E-state index contributed by atoms with van der Waals surface area (Å²) in [6.45, 7) is 2.46. The van der Waals surface area contributed by atoms with E-state index in [4.69, 9.17) is 5.11 Å². The van der Waals surface area contributed by atoms with Crippen LogP contribution in [0.1, 0.15) is 13.3 Å². The van der Waals surface area contributed by atoms with Crippen molar-refractivity contribution in [3.05, 3.63) is 0 Å². The summed E-state index contributed by atoms with van der Waals surface area (Å²) in [4.78, 5) is 23.6. The van der Waals surface area contributed by atoms with Crippen LogP contribution >= 0.6 is 11.8 Å². The van der Waals surface area contributed by atoms with Gasteiger partial charge in [0.05, 0.1) is 6.61 Å². The summed E-state index contributed by atoms with van der Waals surface area (Å²) in [6, 6.07) is 0. The molecule has 1 rings (SSSR count). The third-order valence-electron chi connectivity index (χ3n) is 1.88. The highest BCUT2D eigenvalue weighted by atomic mass is 32.2. The van der Waals surface area contributed by atoms with E-state index < -0.39 is 0 Å². The Morgan fingerprint density at radius 2 is 2.46 bits per heavy atom. The number of carbonyl (C=O) groups is 2. The van der Waals surface area contributed by atoms with Crippen molar-refractivity contribution >= 4 is 22.8 Å². The van der Waals surface area contributed by atoms with Gasteiger partial charge in [-0.1, -0.05) is 11.8 Å². The molecule has 1 unspecified atom stereocenters. The fourth-order valence-electron chi connectivity index (χ4n) is 1.39. The number of thioether (sulfide) groups is 1. The van der Waals surface area contributed by atoms with Crippen molar-refractivity contribution in [1.82, 2.24) is 4.90 Å². The molecule has 13 heavy (non-hydrogen) atoms. The van der Waals surface area contributed by atoms with Gasteiger partial charge >= 0.3 is 0 Å². The van der Waals surface area contributed by atoms with E-state index in [9.17, 15) is 9.59 Å². The molecule has 1 heterocycles. The summed E-state index contributed by atoms with van der Waals surface area (Å²) >= 11 is 1.21. The SMILES string of the molecule is CC(=O)SC1CC(=O)N(CCO)C1. The van der Waals surface area contributed by atoms with Gasteiger partial charge in [0, 0.05) is 31.7 Å². The smallest absolute Gasteiger partial charge is 0.223 e. The number of nitrogens with zero attached hydrogens (tertiary/aromatic N) is 1. The zero-order valence-electron chi connectivity index (χ0n) is 7.52. The highest BCUT2D eigenvalue weighted by molar-refractivity contribution is 8.14. The Morgan fingerprint density at radius 3 is 3.00 bits per heavy atom. The minimum Gasteiger partial charge on any atom is -0.395 e. The van der Waals surface area contributed by atoms with Crippen molar-refractivity contribution in [2.75, 3.05) is 19.7 Å². The number of carbonyl (C=O) groups excluding carboxylic acids is 2. The normalized spacial score (nSPS) is 22.5. The van der Waals surface area contributed by atoms with Gasteiger partial charge in [-0.05, 0) is 0 Å². The zero-order valence-corrected chi connectivity index (χ0v) is 8.34. The molecule has 0 aromatic rings. The lowest BCUT2D eigenvalue weighted by molar-refractivity contribution is -0.128. The number of aliphatic hydroxyl groups excluding tert-OH is 1. The third-order valence-corrected chi connectivity index (χ3v) is 2.86. The second-order valence-electron chi connectivity index (χ2n) is 3.00. The van der Waals surface area contributed by atoms with Crippen molar-refractivity contribution < 1.29 is 14.7 Å². The molecule has 0 aromatic carbocycles. The first kappa shape index (κ1) is 10.5. The van der Waals surface area contributed by atoms with Gasteiger partial charge in [0.1, 0.15) is 0 Å². The van der Waals surface area contributed by atoms with E-state index in [1.807, 2.05) is 0 Å². The Kier molecular flexibility index (Phi) is 3.74. The number of β-amino-alcohol motifs (C(OH)–C–C–N with tert-alkyl or cyclic N) is 1. The van der Waals surface area contributed by atoms with Crippen LogP contribution in [0.2, 0.25) is 0 Å². The molecule has 1 amide bonds. The average Bonchev–Trinajstić information content (AvgIpc) is 2.31. The van der Waals surface area contributed by atoms with Crippen LogP contribution < -0.4 is 0 Å². The van der Waals surface area contributed by atoms with Gasteiger partial charge in [-0.2, -0.15) is 0 Å². The maximum absolute atomic E-state index is 11.2. The minimum absolute atomic E-state index is 0.0107. The van der Waals surface area contributed by atoms with Crippen LogP contribution in [0.5, 0.6) is 0 Å². The predicted octanol–water partition coefficient (Wildman–Crippen LogP) is -0.141. The molecule has 5 heteroatoms. The van der Waals surface area contributed by atoms with Crippen LogP contribution in [0.4, 0.5) is 0 Å². The molecule has 1 N–H and O–H groups in total. The quantitative estimate of drug-likeness (QED) is 0.693. The topological polar surface area (TPSA) is 57.6 Å². The molecule has 4 nitrogen and oxygen atoms in total. The first-order valence-electron chi connectivity index (χ1n) is 4.19. The van der Waals surface area contributed by atoms with Crippen molar-refractivity contribution in [3.8, 4) is 0 Å². The van der Waals surface area contributed by atoms with E-state index in [2.05, 4.69) is 0 Å². The van der Waals surface area contributed by atoms with E-state index in [1.54, 1.807) is 4.90 Å². The number of likely N-dealkylation sites (tertiary alicyclic amines) is 1. The lowest BCUT2D eigenvalue weighted by atomic mass is 10.4. The van der Waals surface area contributed by atoms with E-state index >= 15 is 0 Å². The molecule has 1 aliphatic heterocycles. The summed E-state index contributed by atoms with van der Waals surface area (Å²) in [5.41, 5.74) is 0. The fraction of sp³-hybridized carbons (Fsp3) is 0.750. The number of hydrogen-bond donors (Lipinski definition) is 1. The molecule has 1 aliphatic rings. The highest BCUT2D eigenvalue weighted by Gasteiger charge is 2.30. The Bertz CT molecular complexity index is 219. The first-order chi connectivity index (χ1) is 6.13. The fourth-order valence-corrected chi connectivity index (χ4v) is 2.34. The van der Waals surface area contributed by atoms with Crippen molar-refractivity contribution in [1.29, 1.82) is 0 Å². The summed E-state index contributed by atoms with van der Waals surface area (Å²) in [6.07, 6.45) is 0.421. The van der Waals surface area contributed by atoms with Crippen molar-refractivity contribution in [2.45, 2.75) is 18.6 Å². The van der Waals surface area contributed by atoms with Crippen LogP contribution in [-0.2, 0) is 9.59 Å². The highest BCUT2D eigenvalue weighted by Crippen LogP contribution is 2.23. The van der Waals surface area contributed by atoms with Crippen LogP contribution in [0.25, 0.3) is 0 Å². The lowest BCUT2D eigenvalue weighted by Gasteiger charge is -2.13. The Hall–Kier alpha value is -0.550. The molecule has 1 fully saturated rings. The maximum Gasteiger partial charge on any atom is 0.223 e. The summed E-state index contributed by atoms with van der Waals surface area (Å²) < 4.78 is 0. The third kappa shape index (κ3) is 3.00. The van der Waals surface area contributed by atoms with Crippen molar-refractivity contribution in [3.63, 3.8) is 0 Å². The largest absolute Gasteiger partial charge is 0.395 e. The predicted molar refractivity (Wildman–Crippen MR) is 50.3 cm³/mol. The zero-order chi connectivity index (χ0) is 9.84. The lowest BCUT2D eigenvalue weighted by Crippen LogP contribution is -2.28.